The lowest BCUT2D eigenvalue weighted by molar-refractivity contribution is 0.0420. The van der Waals surface area contributed by atoms with Gasteiger partial charge in [0.1, 0.15) is 0 Å². The standard InChI is InChI=1S/C18H29N3O2/c1-19-18(20-11-5-9-16-7-3-2-4-8-16)21-12-6-13-23-17-10-14-22-15-17/h2-4,7-8,17H,5-6,9-15H2,1H3,(H2,19,20,21). The molecule has 1 aliphatic rings. The lowest BCUT2D eigenvalue weighted by Crippen LogP contribution is -2.38. The van der Waals surface area contributed by atoms with Gasteiger partial charge in [-0.05, 0) is 31.2 Å². The number of hydrogen-bond acceptors (Lipinski definition) is 3. The Morgan fingerprint density at radius 2 is 2.00 bits per heavy atom. The summed E-state index contributed by atoms with van der Waals surface area (Å²) in [6.07, 6.45) is 4.47. The highest BCUT2D eigenvalue weighted by molar-refractivity contribution is 5.79. The van der Waals surface area contributed by atoms with Crippen LogP contribution in [0.5, 0.6) is 0 Å². The van der Waals surface area contributed by atoms with E-state index in [9.17, 15) is 0 Å². The molecule has 1 saturated heterocycles. The Balaban J connectivity index is 1.48. The van der Waals surface area contributed by atoms with Gasteiger partial charge in [0.05, 0.1) is 12.7 Å². The fraction of sp³-hybridized carbons (Fsp3) is 0.611. The summed E-state index contributed by atoms with van der Waals surface area (Å²) in [5, 5.41) is 6.67. The number of benzene rings is 1. The molecule has 2 N–H and O–H groups in total. The van der Waals surface area contributed by atoms with E-state index in [1.807, 2.05) is 0 Å². The van der Waals surface area contributed by atoms with Crippen LogP contribution in [0.25, 0.3) is 0 Å². The third-order valence-electron chi connectivity index (χ3n) is 3.86. The number of nitrogens with one attached hydrogen (secondary N) is 2. The maximum atomic E-state index is 5.74. The largest absolute Gasteiger partial charge is 0.379 e. The molecule has 0 amide bonds. The van der Waals surface area contributed by atoms with Crippen LogP contribution in [0.15, 0.2) is 35.3 Å². The first kappa shape index (κ1) is 17.8. The highest BCUT2D eigenvalue weighted by Crippen LogP contribution is 2.07. The van der Waals surface area contributed by atoms with E-state index in [2.05, 4.69) is 46.0 Å². The van der Waals surface area contributed by atoms with Crippen molar-refractivity contribution < 1.29 is 9.47 Å². The van der Waals surface area contributed by atoms with Crippen molar-refractivity contribution in [1.82, 2.24) is 10.6 Å². The predicted molar refractivity (Wildman–Crippen MR) is 93.9 cm³/mol. The Labute approximate surface area is 139 Å². The first-order valence-electron chi connectivity index (χ1n) is 8.56. The smallest absolute Gasteiger partial charge is 0.190 e. The van der Waals surface area contributed by atoms with Gasteiger partial charge in [-0.2, -0.15) is 0 Å². The van der Waals surface area contributed by atoms with Gasteiger partial charge in [-0.25, -0.2) is 0 Å². The van der Waals surface area contributed by atoms with Gasteiger partial charge in [-0.1, -0.05) is 30.3 Å². The third kappa shape index (κ3) is 7.48. The first-order chi connectivity index (χ1) is 11.4. The van der Waals surface area contributed by atoms with Gasteiger partial charge in [0.15, 0.2) is 5.96 Å². The zero-order chi connectivity index (χ0) is 16.2. The van der Waals surface area contributed by atoms with E-state index in [4.69, 9.17) is 9.47 Å². The predicted octanol–water partition coefficient (Wildman–Crippen LogP) is 1.98. The second-order valence-corrected chi connectivity index (χ2v) is 5.72. The monoisotopic (exact) mass is 319 g/mol. The van der Waals surface area contributed by atoms with Crippen LogP contribution in [0.4, 0.5) is 0 Å². The Morgan fingerprint density at radius 3 is 2.70 bits per heavy atom. The van der Waals surface area contributed by atoms with Gasteiger partial charge in [-0.3, -0.25) is 4.99 Å². The summed E-state index contributed by atoms with van der Waals surface area (Å²) in [6, 6.07) is 10.6. The second-order valence-electron chi connectivity index (χ2n) is 5.72. The quantitative estimate of drug-likeness (QED) is 0.415. The van der Waals surface area contributed by atoms with Gasteiger partial charge in [0.25, 0.3) is 0 Å². The molecule has 2 rings (SSSR count). The average molecular weight is 319 g/mol. The van der Waals surface area contributed by atoms with Gasteiger partial charge in [0, 0.05) is 33.4 Å². The lowest BCUT2D eigenvalue weighted by atomic mass is 10.1. The fourth-order valence-corrected chi connectivity index (χ4v) is 2.54. The molecule has 23 heavy (non-hydrogen) atoms. The van der Waals surface area contributed by atoms with Gasteiger partial charge >= 0.3 is 0 Å². The minimum absolute atomic E-state index is 0.297. The fourth-order valence-electron chi connectivity index (χ4n) is 2.54. The Hall–Kier alpha value is -1.59. The summed E-state index contributed by atoms with van der Waals surface area (Å²) in [5.74, 6) is 0.863. The van der Waals surface area contributed by atoms with Crippen molar-refractivity contribution in [2.24, 2.45) is 4.99 Å². The Bertz CT molecular complexity index is 445. The molecule has 1 aromatic carbocycles. The molecule has 0 saturated carbocycles. The van der Waals surface area contributed by atoms with E-state index in [0.717, 1.165) is 64.6 Å². The van der Waals surface area contributed by atoms with Crippen LogP contribution in [0, 0.1) is 0 Å². The number of aryl methyl sites for hydroxylation is 1. The van der Waals surface area contributed by atoms with Crippen LogP contribution < -0.4 is 10.6 Å². The number of aliphatic imine (C=N–C) groups is 1. The van der Waals surface area contributed by atoms with Crippen LogP contribution in [0.3, 0.4) is 0 Å². The molecule has 0 radical (unpaired) electrons. The molecule has 0 aromatic heterocycles. The number of ether oxygens (including phenoxy) is 2. The van der Waals surface area contributed by atoms with Gasteiger partial charge in [-0.15, -0.1) is 0 Å². The lowest BCUT2D eigenvalue weighted by Gasteiger charge is -2.13. The molecular weight excluding hydrogens is 290 g/mol. The summed E-state index contributed by atoms with van der Waals surface area (Å²) in [7, 11) is 1.80. The molecule has 0 bridgehead atoms. The number of nitrogens with zero attached hydrogens (tertiary/aromatic N) is 1. The van der Waals surface area contributed by atoms with E-state index in [1.54, 1.807) is 7.05 Å². The molecule has 5 heteroatoms. The molecule has 1 heterocycles. The number of rotatable bonds is 9. The van der Waals surface area contributed by atoms with Crippen molar-refractivity contribution >= 4 is 5.96 Å². The second kappa shape index (κ2) is 11.0. The summed E-state index contributed by atoms with van der Waals surface area (Å²) in [6.45, 7) is 4.14. The Morgan fingerprint density at radius 1 is 1.22 bits per heavy atom. The highest BCUT2D eigenvalue weighted by Gasteiger charge is 2.15. The van der Waals surface area contributed by atoms with Crippen LogP contribution in [-0.2, 0) is 15.9 Å². The first-order valence-corrected chi connectivity index (χ1v) is 8.56. The molecule has 1 unspecified atom stereocenters. The molecule has 0 aliphatic carbocycles. The van der Waals surface area contributed by atoms with Crippen LogP contribution in [0.2, 0.25) is 0 Å². The molecule has 1 aromatic rings. The van der Waals surface area contributed by atoms with Crippen molar-refractivity contribution in [3.05, 3.63) is 35.9 Å². The minimum Gasteiger partial charge on any atom is -0.379 e. The SMILES string of the molecule is CN=C(NCCCOC1CCOC1)NCCCc1ccccc1. The topological polar surface area (TPSA) is 54.9 Å². The molecule has 0 spiro atoms. The van der Waals surface area contributed by atoms with Gasteiger partial charge < -0.3 is 20.1 Å². The Kier molecular flexibility index (Phi) is 8.51. The van der Waals surface area contributed by atoms with Crippen molar-refractivity contribution in [2.75, 3.05) is 40.0 Å². The average Bonchev–Trinajstić information content (AvgIpc) is 3.11. The van der Waals surface area contributed by atoms with E-state index >= 15 is 0 Å². The summed E-state index contributed by atoms with van der Waals surface area (Å²) in [5.41, 5.74) is 1.38. The minimum atomic E-state index is 0.297. The maximum absolute atomic E-state index is 5.74. The number of hydrogen-bond donors (Lipinski definition) is 2. The van der Waals surface area contributed by atoms with Crippen LogP contribution >= 0.6 is 0 Å². The normalized spacial score (nSPS) is 18.1. The van der Waals surface area contributed by atoms with Crippen molar-refractivity contribution in [2.45, 2.75) is 31.8 Å². The number of guanidine groups is 1. The molecule has 128 valence electrons. The zero-order valence-electron chi connectivity index (χ0n) is 14.1. The van der Waals surface area contributed by atoms with Crippen LogP contribution in [-0.4, -0.2) is 52.0 Å². The molecule has 5 nitrogen and oxygen atoms in total. The summed E-state index contributed by atoms with van der Waals surface area (Å²) < 4.78 is 11.0. The van der Waals surface area contributed by atoms with E-state index in [1.165, 1.54) is 5.56 Å². The third-order valence-corrected chi connectivity index (χ3v) is 3.86. The van der Waals surface area contributed by atoms with Crippen molar-refractivity contribution in [3.8, 4) is 0 Å². The van der Waals surface area contributed by atoms with Crippen molar-refractivity contribution in [1.29, 1.82) is 0 Å². The molecule has 1 atom stereocenters. The van der Waals surface area contributed by atoms with Gasteiger partial charge in [0.2, 0.25) is 0 Å². The zero-order valence-corrected chi connectivity index (χ0v) is 14.1. The van der Waals surface area contributed by atoms with Crippen LogP contribution in [0.1, 0.15) is 24.8 Å². The molecular formula is C18H29N3O2. The highest BCUT2D eigenvalue weighted by atomic mass is 16.5. The summed E-state index contributed by atoms with van der Waals surface area (Å²) >= 11 is 0. The molecule has 1 fully saturated rings. The molecule has 1 aliphatic heterocycles. The maximum Gasteiger partial charge on any atom is 0.190 e. The van der Waals surface area contributed by atoms with E-state index < -0.39 is 0 Å². The van der Waals surface area contributed by atoms with Crippen molar-refractivity contribution in [3.63, 3.8) is 0 Å². The van der Waals surface area contributed by atoms with E-state index in [0.29, 0.717) is 6.10 Å². The van der Waals surface area contributed by atoms with E-state index in [-0.39, 0.29) is 0 Å². The summed E-state index contributed by atoms with van der Waals surface area (Å²) in [4.78, 5) is 4.24.